The molecule has 5 aliphatic heterocycles. The zero-order valence-corrected chi connectivity index (χ0v) is 36.2. The van der Waals surface area contributed by atoms with Crippen LogP contribution in [0.3, 0.4) is 0 Å². The molecule has 0 bridgehead atoms. The first kappa shape index (κ1) is 59.4. The fourth-order valence-electron chi connectivity index (χ4n) is 7.90. The number of carboxylic acids is 6. The van der Waals surface area contributed by atoms with Crippen molar-refractivity contribution in [3.63, 3.8) is 0 Å². The van der Waals surface area contributed by atoms with Gasteiger partial charge >= 0.3 is 35.8 Å². The highest BCUT2D eigenvalue weighted by molar-refractivity contribution is 5.76. The van der Waals surface area contributed by atoms with E-state index in [2.05, 4.69) is 0 Å². The summed E-state index contributed by atoms with van der Waals surface area (Å²) in [6.45, 7) is 0. The summed E-state index contributed by atoms with van der Waals surface area (Å²) in [6, 6.07) is 0. The molecule has 0 spiro atoms. The summed E-state index contributed by atoms with van der Waals surface area (Å²) in [7, 11) is 0. The van der Waals surface area contributed by atoms with Gasteiger partial charge in [-0.25, -0.2) is 28.8 Å². The average molecular weight is 1070 g/mol. The molecule has 0 aliphatic carbocycles. The zero-order chi connectivity index (χ0) is 55.0. The van der Waals surface area contributed by atoms with E-state index in [1.807, 2.05) is 0 Å². The van der Waals surface area contributed by atoms with Crippen LogP contribution in [0.1, 0.15) is 0 Å². The maximum atomic E-state index is 12.5. The molecule has 0 saturated carbocycles. The third-order valence-electron chi connectivity index (χ3n) is 11.8. The van der Waals surface area contributed by atoms with Crippen LogP contribution in [0.2, 0.25) is 0 Å². The molecule has 0 aromatic heterocycles. The summed E-state index contributed by atoms with van der Waals surface area (Å²) in [6.07, 6.45) is -73.9. The number of hydrogen-bond acceptors (Lipinski definition) is 31. The quantitative estimate of drug-likeness (QED) is 0.0503. The van der Waals surface area contributed by atoms with Crippen molar-refractivity contribution in [3.05, 3.63) is 0 Å². The molecule has 29 atom stereocenters. The van der Waals surface area contributed by atoms with E-state index in [1.54, 1.807) is 0 Å². The van der Waals surface area contributed by atoms with Crippen molar-refractivity contribution in [3.8, 4) is 0 Å². The van der Waals surface area contributed by atoms with Gasteiger partial charge in [-0.2, -0.15) is 0 Å². The minimum absolute atomic E-state index is 0.333. The van der Waals surface area contributed by atoms with Crippen molar-refractivity contribution < 1.29 is 183 Å². The number of hydrogen-bond donors (Lipinski definition) is 20. The highest BCUT2D eigenvalue weighted by Gasteiger charge is 2.60. The summed E-state index contributed by atoms with van der Waals surface area (Å²) < 4.78 is 51.4. The van der Waals surface area contributed by atoms with E-state index in [4.69, 9.17) is 47.4 Å². The van der Waals surface area contributed by atoms with E-state index in [0.717, 1.165) is 0 Å². The summed E-state index contributed by atoms with van der Waals surface area (Å²) >= 11 is 0. The van der Waals surface area contributed by atoms with E-state index in [0.29, 0.717) is 0 Å². The molecular weight excluding hydrogens is 1020 g/mol. The minimum Gasteiger partial charge on any atom is -0.479 e. The summed E-state index contributed by atoms with van der Waals surface area (Å²) in [5, 5.41) is 206. The van der Waals surface area contributed by atoms with Crippen molar-refractivity contribution in [2.75, 3.05) is 0 Å². The topological polar surface area (TPSA) is 616 Å². The van der Waals surface area contributed by atoms with Gasteiger partial charge in [-0.3, -0.25) is 0 Å². The predicted molar refractivity (Wildman–Crippen MR) is 204 cm³/mol. The fourth-order valence-corrected chi connectivity index (χ4v) is 7.90. The molecule has 5 saturated heterocycles. The zero-order valence-electron chi connectivity index (χ0n) is 36.2. The van der Waals surface area contributed by atoms with Crippen LogP contribution in [0.15, 0.2) is 0 Å². The Balaban J connectivity index is 1.30. The smallest absolute Gasteiger partial charge is 0.335 e. The second-order valence-electron chi connectivity index (χ2n) is 16.6. The van der Waals surface area contributed by atoms with E-state index in [1.165, 1.54) is 0 Å². The van der Waals surface area contributed by atoms with Crippen LogP contribution < -0.4 is 0 Å². The normalized spacial score (nSPS) is 44.9. The van der Waals surface area contributed by atoms with Gasteiger partial charge in [-0.1, -0.05) is 0 Å². The maximum absolute atomic E-state index is 12.5. The monoisotopic (exact) mass is 1070 g/mol. The molecule has 0 amide bonds. The largest absolute Gasteiger partial charge is 0.479 e. The number of aliphatic carboxylic acids is 6. The second-order valence-corrected chi connectivity index (χ2v) is 16.6. The van der Waals surface area contributed by atoms with Crippen molar-refractivity contribution in [1.29, 1.82) is 0 Å². The van der Waals surface area contributed by atoms with Gasteiger partial charge in [-0.15, -0.1) is 0 Å². The van der Waals surface area contributed by atoms with E-state index < -0.39 is 214 Å². The van der Waals surface area contributed by atoms with Crippen LogP contribution in [0.25, 0.3) is 0 Å². The predicted octanol–water partition coefficient (Wildman–Crippen LogP) is -13.7. The van der Waals surface area contributed by atoms with Gasteiger partial charge in [0.25, 0.3) is 0 Å². The van der Waals surface area contributed by atoms with Crippen LogP contribution in [-0.2, 0) is 80.9 Å². The maximum Gasteiger partial charge on any atom is 0.335 e. The first-order chi connectivity index (χ1) is 34.0. The Hall–Kier alpha value is -4.47. The van der Waals surface area contributed by atoms with Gasteiger partial charge in [-0.05, 0) is 0 Å². The van der Waals surface area contributed by atoms with Crippen molar-refractivity contribution in [2.45, 2.75) is 178 Å². The Morgan fingerprint density at radius 1 is 0.370 bits per heavy atom. The number of carbonyl (C=O) groups excluding carboxylic acids is 1. The average Bonchev–Trinajstić information content (AvgIpc) is 3.32. The first-order valence-electron chi connectivity index (χ1n) is 20.9. The van der Waals surface area contributed by atoms with Crippen LogP contribution in [0.5, 0.6) is 0 Å². The number of aliphatic hydroxyl groups excluding tert-OH is 14. The van der Waals surface area contributed by atoms with Gasteiger partial charge in [0.05, 0.1) is 0 Å². The second kappa shape index (κ2) is 24.0. The number of rotatable bonds is 20. The highest BCUT2D eigenvalue weighted by Crippen LogP contribution is 2.36. The number of aldehydes is 1. The summed E-state index contributed by atoms with van der Waals surface area (Å²) in [4.78, 5) is 83.4. The first-order valence-corrected chi connectivity index (χ1v) is 20.9. The van der Waals surface area contributed by atoms with E-state index >= 15 is 0 Å². The molecular formula is C36H50O37. The van der Waals surface area contributed by atoms with E-state index in [-0.39, 0.29) is 6.29 Å². The number of aliphatic hydroxyl groups is 14. The van der Waals surface area contributed by atoms with Crippen LogP contribution >= 0.6 is 0 Å². The Bertz CT molecular complexity index is 1970. The Kier molecular flexibility index (Phi) is 19.6. The lowest BCUT2D eigenvalue weighted by Crippen LogP contribution is -2.69. The molecule has 0 aromatic rings. The molecule has 5 heterocycles. The molecule has 37 heteroatoms. The lowest BCUT2D eigenvalue weighted by molar-refractivity contribution is -0.384. The third-order valence-corrected chi connectivity index (χ3v) is 11.8. The van der Waals surface area contributed by atoms with Crippen molar-refractivity contribution in [2.24, 2.45) is 0 Å². The van der Waals surface area contributed by atoms with Gasteiger partial charge in [0.2, 0.25) is 0 Å². The molecule has 0 aromatic carbocycles. The Labute approximate surface area is 403 Å². The lowest BCUT2D eigenvalue weighted by atomic mass is 9.95. The molecule has 73 heavy (non-hydrogen) atoms. The standard InChI is InChI=1S/C36H50O37/c37-1-2(38)3(39)16(15(51)26(52)53)64-33-11(47)6(42)18(22(70-33)28(56)57)66-35-13(49)8(44)20(24(72-35)30(60)61)68-36-14(50)9(45)19(25(73-36)31(62)63)67-34-12(48)7(43)17(23(71-34)29(58)59)65-32-10(46)4(40)5(41)21(69-32)27(54)55/h1-25,32-36,38-51H,(H,52,53)(H,54,55)(H,56,57)(H,58,59)(H,60,61)(H,62,63)/t2-,3-,4+,5+,6-,7-,8-,9-,10+,11+,12+,13+,14+,15-,16+,17+,18+,19+,20+,21-,22-,23-,24-,25-,32-,33-,34-,35-,36-/m1/s1. The number of carboxylic acid groups (broad SMARTS) is 6. The minimum atomic E-state index is -2.82. The molecule has 5 rings (SSSR count). The Morgan fingerprint density at radius 3 is 0.904 bits per heavy atom. The fraction of sp³-hybridized carbons (Fsp3) is 0.806. The van der Waals surface area contributed by atoms with Crippen LogP contribution in [0, 0.1) is 0 Å². The Morgan fingerprint density at radius 2 is 0.630 bits per heavy atom. The SMILES string of the molecule is O=C[C@@H](O)[C@@H](O)[C@H](O[C@@H]1O[C@@H](C(=O)O)[C@@H](O[C@@H]2O[C@@H](C(=O)O)[C@@H](O[C@@H]3O[C@@H](C(=O)O)[C@@H](O[C@@H]4O[C@@H](C(=O)O)[C@@H](O[C@@H]5O[C@@H](C(=O)O)[C@@H](O)[C@H](O)[C@@H]5O)[C@H](O)[C@@H]4O)[C@H](O)[C@@H]3O)[C@H](O)[C@@H]2O)[C@H](O)[C@@H]1O)[C@@H](O)C(=O)O. The van der Waals surface area contributed by atoms with Gasteiger partial charge in [0.1, 0.15) is 110 Å². The van der Waals surface area contributed by atoms with Gasteiger partial charge in [0, 0.05) is 0 Å². The molecule has 37 nitrogen and oxygen atoms in total. The van der Waals surface area contributed by atoms with Gasteiger partial charge < -0.3 is 154 Å². The molecule has 5 fully saturated rings. The molecule has 0 unspecified atom stereocenters. The highest BCUT2D eigenvalue weighted by atomic mass is 16.8. The van der Waals surface area contributed by atoms with Crippen molar-refractivity contribution >= 4 is 42.1 Å². The third kappa shape index (κ3) is 12.3. The van der Waals surface area contributed by atoms with E-state index in [9.17, 15) is 136 Å². The summed E-state index contributed by atoms with van der Waals surface area (Å²) in [5.41, 5.74) is 0. The van der Waals surface area contributed by atoms with Crippen molar-refractivity contribution in [1.82, 2.24) is 0 Å². The number of ether oxygens (including phenoxy) is 10. The lowest BCUT2D eigenvalue weighted by Gasteiger charge is -2.48. The summed E-state index contributed by atoms with van der Waals surface area (Å²) in [5.74, 6) is -12.5. The molecule has 20 N–H and O–H groups in total. The molecule has 5 aliphatic rings. The number of carbonyl (C=O) groups is 7. The molecule has 0 radical (unpaired) electrons. The van der Waals surface area contributed by atoms with Gasteiger partial charge in [0.15, 0.2) is 74.4 Å². The van der Waals surface area contributed by atoms with Crippen LogP contribution in [0.4, 0.5) is 0 Å². The molecule has 416 valence electrons. The van der Waals surface area contributed by atoms with Crippen LogP contribution in [-0.4, -0.2) is 322 Å².